The monoisotopic (exact) mass is 251 g/mol. The lowest BCUT2D eigenvalue weighted by atomic mass is 9.83. The molecule has 1 aromatic rings. The highest BCUT2D eigenvalue weighted by atomic mass is 32.2. The molecule has 17 heavy (non-hydrogen) atoms. The lowest BCUT2D eigenvalue weighted by Gasteiger charge is -2.42. The predicted molar refractivity (Wildman–Crippen MR) is 63.6 cm³/mol. The number of amides is 1. The third-order valence-corrected chi connectivity index (χ3v) is 6.30. The summed E-state index contributed by atoms with van der Waals surface area (Å²) in [6.45, 7) is 1.85. The van der Waals surface area contributed by atoms with Crippen molar-refractivity contribution >= 4 is 21.4 Å². The molecule has 1 aromatic carbocycles. The van der Waals surface area contributed by atoms with Gasteiger partial charge in [-0.25, -0.2) is 8.42 Å². The zero-order valence-corrected chi connectivity index (χ0v) is 10.3. The van der Waals surface area contributed by atoms with E-state index in [0.29, 0.717) is 18.5 Å². The molecule has 5 heteroatoms. The van der Waals surface area contributed by atoms with E-state index in [2.05, 4.69) is 5.32 Å². The maximum atomic E-state index is 12.5. The SMILES string of the molecule is Cc1ccc2c(c1)S(=O)(=O)C1(CCC1)C(=O)N2. The van der Waals surface area contributed by atoms with Crippen molar-refractivity contribution in [3.8, 4) is 0 Å². The number of hydrogen-bond donors (Lipinski definition) is 1. The number of fused-ring (bicyclic) bond motifs is 1. The van der Waals surface area contributed by atoms with Gasteiger partial charge in [0.1, 0.15) is 0 Å². The molecule has 1 N–H and O–H groups in total. The maximum Gasteiger partial charge on any atom is 0.246 e. The molecule has 1 spiro atoms. The third kappa shape index (κ3) is 1.17. The van der Waals surface area contributed by atoms with E-state index in [4.69, 9.17) is 0 Å². The summed E-state index contributed by atoms with van der Waals surface area (Å²) in [6.07, 6.45) is 1.68. The molecule has 0 saturated heterocycles. The van der Waals surface area contributed by atoms with Gasteiger partial charge in [0.25, 0.3) is 0 Å². The molecule has 0 atom stereocenters. The molecule has 1 aliphatic heterocycles. The average Bonchev–Trinajstić information content (AvgIpc) is 2.17. The number of nitrogens with one attached hydrogen (secondary N) is 1. The van der Waals surface area contributed by atoms with Crippen molar-refractivity contribution in [2.45, 2.75) is 35.8 Å². The number of sulfone groups is 1. The van der Waals surface area contributed by atoms with Crippen LogP contribution in [0.4, 0.5) is 5.69 Å². The van der Waals surface area contributed by atoms with Gasteiger partial charge in [-0.3, -0.25) is 4.79 Å². The van der Waals surface area contributed by atoms with Gasteiger partial charge in [0, 0.05) is 0 Å². The summed E-state index contributed by atoms with van der Waals surface area (Å²) in [6, 6.07) is 5.10. The van der Waals surface area contributed by atoms with Crippen LogP contribution in [0.5, 0.6) is 0 Å². The number of carbonyl (C=O) groups is 1. The number of carbonyl (C=O) groups excluding carboxylic acids is 1. The van der Waals surface area contributed by atoms with Crippen LogP contribution in [0.1, 0.15) is 24.8 Å². The van der Waals surface area contributed by atoms with E-state index in [-0.39, 0.29) is 10.8 Å². The van der Waals surface area contributed by atoms with Crippen molar-refractivity contribution < 1.29 is 13.2 Å². The molecule has 90 valence electrons. The summed E-state index contributed by atoms with van der Waals surface area (Å²) in [5.74, 6) is -0.361. The minimum absolute atomic E-state index is 0.275. The topological polar surface area (TPSA) is 63.2 Å². The van der Waals surface area contributed by atoms with Crippen LogP contribution in [-0.2, 0) is 14.6 Å². The van der Waals surface area contributed by atoms with E-state index in [1.807, 2.05) is 6.92 Å². The van der Waals surface area contributed by atoms with Crippen LogP contribution < -0.4 is 5.32 Å². The highest BCUT2D eigenvalue weighted by Crippen LogP contribution is 2.48. The first-order valence-corrected chi connectivity index (χ1v) is 7.12. The molecular formula is C12H13NO3S. The Balaban J connectivity index is 2.29. The van der Waals surface area contributed by atoms with Gasteiger partial charge in [-0.15, -0.1) is 0 Å². The van der Waals surface area contributed by atoms with Gasteiger partial charge in [-0.2, -0.15) is 0 Å². The fourth-order valence-corrected chi connectivity index (χ4v) is 4.81. The summed E-state index contributed by atoms with van der Waals surface area (Å²) in [4.78, 5) is 12.2. The highest BCUT2D eigenvalue weighted by molar-refractivity contribution is 7.94. The zero-order valence-electron chi connectivity index (χ0n) is 9.49. The molecule has 3 rings (SSSR count). The Morgan fingerprint density at radius 3 is 2.59 bits per heavy atom. The second-order valence-corrected chi connectivity index (χ2v) is 7.03. The average molecular weight is 251 g/mol. The third-order valence-electron chi connectivity index (χ3n) is 3.76. The van der Waals surface area contributed by atoms with Crippen LogP contribution >= 0.6 is 0 Å². The fourth-order valence-electron chi connectivity index (χ4n) is 2.52. The van der Waals surface area contributed by atoms with Gasteiger partial charge in [0.15, 0.2) is 14.6 Å². The van der Waals surface area contributed by atoms with Crippen LogP contribution in [0.3, 0.4) is 0 Å². The Bertz CT molecular complexity index is 615. The Morgan fingerprint density at radius 2 is 2.00 bits per heavy atom. The summed E-state index contributed by atoms with van der Waals surface area (Å²) >= 11 is 0. The molecule has 1 saturated carbocycles. The molecule has 4 nitrogen and oxygen atoms in total. The van der Waals surface area contributed by atoms with Crippen LogP contribution in [0.15, 0.2) is 23.1 Å². The summed E-state index contributed by atoms with van der Waals surface area (Å²) < 4.78 is 23.8. The van der Waals surface area contributed by atoms with Crippen molar-refractivity contribution in [3.05, 3.63) is 23.8 Å². The lowest BCUT2D eigenvalue weighted by Crippen LogP contribution is -2.57. The summed E-state index contributed by atoms with van der Waals surface area (Å²) in [5.41, 5.74) is 1.30. The highest BCUT2D eigenvalue weighted by Gasteiger charge is 2.58. The van der Waals surface area contributed by atoms with E-state index in [0.717, 1.165) is 12.0 Å². The summed E-state index contributed by atoms with van der Waals surface area (Å²) in [5, 5.41) is 2.72. The molecule has 0 unspecified atom stereocenters. The standard InChI is InChI=1S/C12H13NO3S/c1-8-3-4-9-10(7-8)17(15,16)12(5-2-6-12)11(14)13-9/h3-4,7H,2,5-6H2,1H3,(H,13,14). The first kappa shape index (κ1) is 10.8. The molecule has 0 aromatic heterocycles. The maximum absolute atomic E-state index is 12.5. The number of aryl methyl sites for hydroxylation is 1. The van der Waals surface area contributed by atoms with E-state index in [9.17, 15) is 13.2 Å². The molecule has 0 bridgehead atoms. The van der Waals surface area contributed by atoms with Gasteiger partial charge < -0.3 is 5.32 Å². The van der Waals surface area contributed by atoms with Crippen molar-refractivity contribution in [1.29, 1.82) is 0 Å². The second kappa shape index (κ2) is 3.10. The normalized spacial score (nSPS) is 23.7. The molecule has 1 fully saturated rings. The number of rotatable bonds is 0. The molecule has 1 heterocycles. The minimum Gasteiger partial charge on any atom is -0.324 e. The Hall–Kier alpha value is -1.36. The van der Waals surface area contributed by atoms with Crippen molar-refractivity contribution in [2.75, 3.05) is 5.32 Å². The Labute approximate surface area is 99.9 Å². The second-order valence-electron chi connectivity index (χ2n) is 4.81. The molecule has 0 radical (unpaired) electrons. The smallest absolute Gasteiger partial charge is 0.246 e. The zero-order chi connectivity index (χ0) is 12.3. The number of anilines is 1. The minimum atomic E-state index is -3.53. The van der Waals surface area contributed by atoms with Gasteiger partial charge >= 0.3 is 0 Å². The van der Waals surface area contributed by atoms with Gasteiger partial charge in [-0.1, -0.05) is 6.07 Å². The van der Waals surface area contributed by atoms with Crippen LogP contribution in [0.2, 0.25) is 0 Å². The molecule has 1 aliphatic carbocycles. The summed E-state index contributed by atoms with van der Waals surface area (Å²) in [7, 11) is -3.53. The molecular weight excluding hydrogens is 238 g/mol. The Kier molecular flexibility index (Phi) is 1.96. The fraction of sp³-hybridized carbons (Fsp3) is 0.417. The van der Waals surface area contributed by atoms with Gasteiger partial charge in [0.2, 0.25) is 5.91 Å². The largest absolute Gasteiger partial charge is 0.324 e. The lowest BCUT2D eigenvalue weighted by molar-refractivity contribution is -0.120. The predicted octanol–water partition coefficient (Wildman–Crippen LogP) is 1.64. The first-order chi connectivity index (χ1) is 7.97. The van der Waals surface area contributed by atoms with Gasteiger partial charge in [0.05, 0.1) is 10.6 Å². The van der Waals surface area contributed by atoms with E-state index in [1.54, 1.807) is 18.2 Å². The first-order valence-electron chi connectivity index (χ1n) is 5.64. The van der Waals surface area contributed by atoms with Crippen molar-refractivity contribution in [3.63, 3.8) is 0 Å². The molecule has 2 aliphatic rings. The number of benzene rings is 1. The van der Waals surface area contributed by atoms with Crippen LogP contribution in [-0.4, -0.2) is 19.1 Å². The van der Waals surface area contributed by atoms with Crippen LogP contribution in [0, 0.1) is 6.92 Å². The van der Waals surface area contributed by atoms with Crippen molar-refractivity contribution in [2.24, 2.45) is 0 Å². The van der Waals surface area contributed by atoms with Crippen LogP contribution in [0.25, 0.3) is 0 Å². The number of hydrogen-bond acceptors (Lipinski definition) is 3. The van der Waals surface area contributed by atoms with E-state index < -0.39 is 14.6 Å². The Morgan fingerprint density at radius 1 is 1.29 bits per heavy atom. The molecule has 1 amide bonds. The van der Waals surface area contributed by atoms with Gasteiger partial charge in [-0.05, 0) is 43.9 Å². The van der Waals surface area contributed by atoms with Crippen molar-refractivity contribution in [1.82, 2.24) is 0 Å². The quantitative estimate of drug-likeness (QED) is 0.762. The van der Waals surface area contributed by atoms with E-state index >= 15 is 0 Å². The van der Waals surface area contributed by atoms with E-state index in [1.165, 1.54) is 0 Å².